The molecule has 0 radical (unpaired) electrons. The number of ether oxygens (including phenoxy) is 1. The molecule has 24 heavy (non-hydrogen) atoms. The standard InChI is InChI=1S/C16H13FN2O5/c1-10(20)24-16(13-4-2-3-5-14(13)19(22)23)15(18-21)11-6-8-12(17)9-7-11/h2-9,16,21H,1H3/b18-15+. The molecule has 8 heteroatoms. The van der Waals surface area contributed by atoms with Crippen LogP contribution in [0.15, 0.2) is 53.7 Å². The zero-order valence-electron chi connectivity index (χ0n) is 12.5. The molecule has 0 amide bonds. The maximum atomic E-state index is 13.1. The first-order chi connectivity index (χ1) is 11.4. The van der Waals surface area contributed by atoms with Crippen molar-refractivity contribution in [2.75, 3.05) is 0 Å². The Hall–Kier alpha value is -3.29. The largest absolute Gasteiger partial charge is 0.451 e. The Bertz CT molecular complexity index is 789. The van der Waals surface area contributed by atoms with E-state index in [1.54, 1.807) is 0 Å². The van der Waals surface area contributed by atoms with Gasteiger partial charge in [0.2, 0.25) is 0 Å². The van der Waals surface area contributed by atoms with Crippen molar-refractivity contribution in [2.24, 2.45) is 5.16 Å². The Labute approximate surface area is 136 Å². The minimum absolute atomic E-state index is 0.0369. The number of rotatable bonds is 5. The van der Waals surface area contributed by atoms with E-state index >= 15 is 0 Å². The van der Waals surface area contributed by atoms with Gasteiger partial charge in [-0.15, -0.1) is 0 Å². The van der Waals surface area contributed by atoms with Gasteiger partial charge < -0.3 is 9.94 Å². The topological polar surface area (TPSA) is 102 Å². The lowest BCUT2D eigenvalue weighted by Crippen LogP contribution is -2.21. The maximum Gasteiger partial charge on any atom is 0.303 e. The third kappa shape index (κ3) is 3.72. The maximum absolute atomic E-state index is 13.1. The van der Waals surface area contributed by atoms with Gasteiger partial charge in [-0.1, -0.05) is 17.3 Å². The molecular formula is C16H13FN2O5. The van der Waals surface area contributed by atoms with Crippen LogP contribution in [0.3, 0.4) is 0 Å². The highest BCUT2D eigenvalue weighted by Gasteiger charge is 2.30. The zero-order valence-corrected chi connectivity index (χ0v) is 12.5. The molecule has 0 saturated heterocycles. The normalized spacial score (nSPS) is 12.5. The molecule has 2 aromatic rings. The van der Waals surface area contributed by atoms with Crippen LogP contribution in [0.1, 0.15) is 24.2 Å². The molecule has 0 aromatic heterocycles. The molecule has 1 N–H and O–H groups in total. The highest BCUT2D eigenvalue weighted by atomic mass is 19.1. The Morgan fingerprint density at radius 1 is 1.25 bits per heavy atom. The summed E-state index contributed by atoms with van der Waals surface area (Å²) in [6, 6.07) is 10.5. The predicted octanol–water partition coefficient (Wildman–Crippen LogP) is 3.22. The van der Waals surface area contributed by atoms with Crippen molar-refractivity contribution in [2.45, 2.75) is 13.0 Å². The van der Waals surface area contributed by atoms with Gasteiger partial charge in [0, 0.05) is 18.6 Å². The fourth-order valence-corrected chi connectivity index (χ4v) is 2.19. The van der Waals surface area contributed by atoms with Gasteiger partial charge in [0.15, 0.2) is 6.10 Å². The molecule has 7 nitrogen and oxygen atoms in total. The number of para-hydroxylation sites is 1. The number of halogens is 1. The van der Waals surface area contributed by atoms with Gasteiger partial charge in [-0.2, -0.15) is 0 Å². The third-order valence-electron chi connectivity index (χ3n) is 3.20. The second kappa shape index (κ2) is 7.32. The highest BCUT2D eigenvalue weighted by Crippen LogP contribution is 2.31. The number of hydrogen-bond donors (Lipinski definition) is 1. The molecule has 1 unspecified atom stereocenters. The first-order valence-corrected chi connectivity index (χ1v) is 6.82. The number of nitro groups is 1. The highest BCUT2D eigenvalue weighted by molar-refractivity contribution is 6.05. The summed E-state index contributed by atoms with van der Waals surface area (Å²) >= 11 is 0. The summed E-state index contributed by atoms with van der Waals surface area (Å²) in [6.07, 6.45) is -1.32. The van der Waals surface area contributed by atoms with Crippen molar-refractivity contribution in [3.05, 3.63) is 75.6 Å². The molecular weight excluding hydrogens is 319 g/mol. The molecule has 1 atom stereocenters. The summed E-state index contributed by atoms with van der Waals surface area (Å²) in [5.41, 5.74) is -0.162. The number of carbonyl (C=O) groups excluding carboxylic acids is 1. The number of benzene rings is 2. The van der Waals surface area contributed by atoms with E-state index < -0.39 is 22.8 Å². The van der Waals surface area contributed by atoms with Gasteiger partial charge in [-0.25, -0.2) is 4.39 Å². The van der Waals surface area contributed by atoms with E-state index in [1.807, 2.05) is 0 Å². The number of nitrogens with zero attached hydrogens (tertiary/aromatic N) is 2. The van der Waals surface area contributed by atoms with Crippen LogP contribution in [0.4, 0.5) is 10.1 Å². The van der Waals surface area contributed by atoms with E-state index in [4.69, 9.17) is 4.74 Å². The lowest BCUT2D eigenvalue weighted by molar-refractivity contribution is -0.386. The fourth-order valence-electron chi connectivity index (χ4n) is 2.19. The Morgan fingerprint density at radius 3 is 2.42 bits per heavy atom. The average Bonchev–Trinajstić information content (AvgIpc) is 2.56. The van der Waals surface area contributed by atoms with Crippen molar-refractivity contribution >= 4 is 17.4 Å². The van der Waals surface area contributed by atoms with Crippen LogP contribution in [0.5, 0.6) is 0 Å². The Kier molecular flexibility index (Phi) is 5.20. The van der Waals surface area contributed by atoms with Crippen LogP contribution >= 0.6 is 0 Å². The van der Waals surface area contributed by atoms with Crippen molar-refractivity contribution in [1.82, 2.24) is 0 Å². The van der Waals surface area contributed by atoms with E-state index in [9.17, 15) is 24.5 Å². The van der Waals surface area contributed by atoms with Crippen LogP contribution in [0, 0.1) is 15.9 Å². The molecule has 2 rings (SSSR count). The summed E-state index contributed by atoms with van der Waals surface area (Å²) in [4.78, 5) is 22.0. The molecule has 0 heterocycles. The molecule has 0 aliphatic heterocycles. The second-order valence-electron chi connectivity index (χ2n) is 4.80. The van der Waals surface area contributed by atoms with Crippen LogP contribution in [0.2, 0.25) is 0 Å². The lowest BCUT2D eigenvalue weighted by Gasteiger charge is -2.18. The molecule has 0 saturated carbocycles. The smallest absolute Gasteiger partial charge is 0.303 e. The molecule has 0 bridgehead atoms. The summed E-state index contributed by atoms with van der Waals surface area (Å²) < 4.78 is 18.2. The van der Waals surface area contributed by atoms with E-state index in [-0.39, 0.29) is 22.5 Å². The summed E-state index contributed by atoms with van der Waals surface area (Å²) in [6.45, 7) is 1.13. The van der Waals surface area contributed by atoms with Gasteiger partial charge in [0.25, 0.3) is 5.69 Å². The van der Waals surface area contributed by atoms with Gasteiger partial charge in [0.05, 0.1) is 10.5 Å². The number of carbonyl (C=O) groups is 1. The van der Waals surface area contributed by atoms with E-state index in [0.29, 0.717) is 0 Å². The number of nitro benzene ring substituents is 1. The fraction of sp³-hybridized carbons (Fsp3) is 0.125. The molecule has 2 aromatic carbocycles. The van der Waals surface area contributed by atoms with Crippen molar-refractivity contribution in [3.63, 3.8) is 0 Å². The third-order valence-corrected chi connectivity index (χ3v) is 3.20. The Balaban J connectivity index is 2.58. The summed E-state index contributed by atoms with van der Waals surface area (Å²) in [5.74, 6) is -1.23. The summed E-state index contributed by atoms with van der Waals surface area (Å²) in [5, 5.41) is 23.7. The zero-order chi connectivity index (χ0) is 17.7. The van der Waals surface area contributed by atoms with Crippen molar-refractivity contribution in [1.29, 1.82) is 0 Å². The quantitative estimate of drug-likeness (QED) is 0.298. The SMILES string of the molecule is CC(=O)OC(/C(=N/O)c1ccc(F)cc1)c1ccccc1[N+](=O)[O-]. The lowest BCUT2D eigenvalue weighted by atomic mass is 9.97. The van der Waals surface area contributed by atoms with Gasteiger partial charge >= 0.3 is 5.97 Å². The van der Waals surface area contributed by atoms with Gasteiger partial charge in [0.1, 0.15) is 11.5 Å². The minimum atomic E-state index is -1.32. The molecule has 0 aliphatic rings. The second-order valence-corrected chi connectivity index (χ2v) is 4.80. The van der Waals surface area contributed by atoms with Crippen molar-refractivity contribution in [3.8, 4) is 0 Å². The average molecular weight is 332 g/mol. The van der Waals surface area contributed by atoms with Gasteiger partial charge in [-0.3, -0.25) is 14.9 Å². The molecule has 124 valence electrons. The van der Waals surface area contributed by atoms with E-state index in [1.165, 1.54) is 36.4 Å². The molecule has 0 spiro atoms. The monoisotopic (exact) mass is 332 g/mol. The molecule has 0 aliphatic carbocycles. The molecule has 0 fully saturated rings. The van der Waals surface area contributed by atoms with Crippen LogP contribution in [-0.4, -0.2) is 21.8 Å². The number of oxime groups is 1. The van der Waals surface area contributed by atoms with Crippen LogP contribution in [0.25, 0.3) is 0 Å². The van der Waals surface area contributed by atoms with Gasteiger partial charge in [-0.05, 0) is 30.3 Å². The van der Waals surface area contributed by atoms with Crippen LogP contribution in [-0.2, 0) is 9.53 Å². The van der Waals surface area contributed by atoms with Crippen LogP contribution < -0.4 is 0 Å². The van der Waals surface area contributed by atoms with E-state index in [0.717, 1.165) is 19.1 Å². The summed E-state index contributed by atoms with van der Waals surface area (Å²) in [7, 11) is 0. The van der Waals surface area contributed by atoms with E-state index in [2.05, 4.69) is 5.16 Å². The Morgan fingerprint density at radius 2 is 1.88 bits per heavy atom. The first-order valence-electron chi connectivity index (χ1n) is 6.82. The predicted molar refractivity (Wildman–Crippen MR) is 82.3 cm³/mol. The minimum Gasteiger partial charge on any atom is -0.451 e. The van der Waals surface area contributed by atoms with Crippen molar-refractivity contribution < 1.29 is 24.1 Å². The number of esters is 1. The first kappa shape index (κ1) is 17.1. The number of hydrogen-bond acceptors (Lipinski definition) is 6.